The van der Waals surface area contributed by atoms with Crippen LogP contribution in [0.15, 0.2) is 116 Å². The second-order valence-electron chi connectivity index (χ2n) is 8.37. The van der Waals surface area contributed by atoms with Gasteiger partial charge < -0.3 is 19.5 Å². The zero-order chi connectivity index (χ0) is 24.6. The topological polar surface area (TPSA) is 39.7 Å². The molecule has 0 fully saturated rings. The van der Waals surface area contributed by atoms with Crippen molar-refractivity contribution in [2.24, 2.45) is 0 Å². The first-order chi connectivity index (χ1) is 17.3. The van der Waals surface area contributed by atoms with E-state index in [1.807, 2.05) is 66.7 Å². The van der Waals surface area contributed by atoms with Crippen LogP contribution in [-0.2, 0) is 34.0 Å². The van der Waals surface area contributed by atoms with Crippen LogP contribution in [0.2, 0.25) is 0 Å². The highest BCUT2D eigenvalue weighted by Gasteiger charge is 2.30. The van der Waals surface area contributed by atoms with Gasteiger partial charge in [-0.05, 0) is 29.7 Å². The number of hydrogen-bond acceptors (Lipinski definition) is 4. The van der Waals surface area contributed by atoms with E-state index >= 15 is 0 Å². The molecule has 3 atom stereocenters. The van der Waals surface area contributed by atoms with Gasteiger partial charge in [0.2, 0.25) is 0 Å². The summed E-state index contributed by atoms with van der Waals surface area (Å²) in [5.41, 5.74) is 3.32. The molecule has 0 aliphatic carbocycles. The normalized spacial score (nSPS) is 13.6. The van der Waals surface area contributed by atoms with E-state index in [-0.39, 0.29) is 18.3 Å². The number of nitrogens with one attached hydrogen (secondary N) is 1. The fraction of sp³-hybridized carbons (Fsp3) is 0.290. The summed E-state index contributed by atoms with van der Waals surface area (Å²) in [4.78, 5) is 0. The van der Waals surface area contributed by atoms with Crippen molar-refractivity contribution in [1.29, 1.82) is 0 Å². The van der Waals surface area contributed by atoms with E-state index in [2.05, 4.69) is 54.9 Å². The first kappa shape index (κ1) is 26.6. The van der Waals surface area contributed by atoms with Crippen molar-refractivity contribution in [2.45, 2.75) is 44.6 Å². The van der Waals surface area contributed by atoms with Crippen molar-refractivity contribution in [3.8, 4) is 0 Å². The SMILES string of the molecule is C=CCCNC[C@H](OCc1ccccc1)[C@@H](OCc1ccccc1)[C@@H](C=C)OCc1ccccc1. The molecule has 0 aliphatic heterocycles. The van der Waals surface area contributed by atoms with Gasteiger partial charge in [-0.2, -0.15) is 0 Å². The summed E-state index contributed by atoms with van der Waals surface area (Å²) < 4.78 is 19.3. The smallest absolute Gasteiger partial charge is 0.115 e. The monoisotopic (exact) mass is 471 g/mol. The summed E-state index contributed by atoms with van der Waals surface area (Å²) in [5, 5.41) is 3.49. The average Bonchev–Trinajstić information content (AvgIpc) is 2.92. The second-order valence-corrected chi connectivity index (χ2v) is 8.37. The molecule has 184 valence electrons. The molecule has 35 heavy (non-hydrogen) atoms. The summed E-state index contributed by atoms with van der Waals surface area (Å²) in [6.07, 6.45) is 3.67. The van der Waals surface area contributed by atoms with Crippen molar-refractivity contribution in [1.82, 2.24) is 5.32 Å². The summed E-state index contributed by atoms with van der Waals surface area (Å²) in [6.45, 7) is 10.7. The van der Waals surface area contributed by atoms with E-state index in [0.29, 0.717) is 26.4 Å². The van der Waals surface area contributed by atoms with Crippen LogP contribution in [0.1, 0.15) is 23.1 Å². The summed E-state index contributed by atoms with van der Waals surface area (Å²) >= 11 is 0. The van der Waals surface area contributed by atoms with Crippen molar-refractivity contribution in [2.75, 3.05) is 13.1 Å². The van der Waals surface area contributed by atoms with Crippen LogP contribution < -0.4 is 5.32 Å². The molecule has 0 radical (unpaired) electrons. The van der Waals surface area contributed by atoms with Crippen LogP contribution in [0.25, 0.3) is 0 Å². The Labute approximate surface area is 210 Å². The lowest BCUT2D eigenvalue weighted by molar-refractivity contribution is -0.137. The molecule has 3 aromatic carbocycles. The third-order valence-corrected chi connectivity index (χ3v) is 5.67. The molecule has 0 saturated heterocycles. The maximum atomic E-state index is 6.50. The Hall–Kier alpha value is -3.02. The van der Waals surface area contributed by atoms with Gasteiger partial charge in [0.15, 0.2) is 0 Å². The molecule has 0 saturated carbocycles. The molecule has 0 amide bonds. The van der Waals surface area contributed by atoms with Gasteiger partial charge in [-0.25, -0.2) is 0 Å². The molecule has 3 aromatic rings. The van der Waals surface area contributed by atoms with Crippen molar-refractivity contribution in [3.63, 3.8) is 0 Å². The molecular formula is C31H37NO3. The standard InChI is InChI=1S/C31H37NO3/c1-3-5-21-32-22-30(34-24-27-17-11-7-12-18-27)31(35-25-28-19-13-8-14-20-28)29(4-2)33-23-26-15-9-6-10-16-26/h3-4,6-20,29-32H,1-2,5,21-25H2/t29-,30+,31+/m1/s1. The molecule has 0 unspecified atom stereocenters. The molecule has 4 heteroatoms. The van der Waals surface area contributed by atoms with Crippen LogP contribution >= 0.6 is 0 Å². The van der Waals surface area contributed by atoms with Gasteiger partial charge in [0, 0.05) is 6.54 Å². The molecule has 0 aromatic heterocycles. The van der Waals surface area contributed by atoms with Crippen LogP contribution in [0.4, 0.5) is 0 Å². The van der Waals surface area contributed by atoms with Gasteiger partial charge in [0.05, 0.1) is 25.9 Å². The van der Waals surface area contributed by atoms with Crippen LogP contribution in [0, 0.1) is 0 Å². The van der Waals surface area contributed by atoms with Gasteiger partial charge in [0.1, 0.15) is 12.2 Å². The Morgan fingerprint density at radius 3 is 1.63 bits per heavy atom. The maximum Gasteiger partial charge on any atom is 0.115 e. The van der Waals surface area contributed by atoms with Gasteiger partial charge >= 0.3 is 0 Å². The third-order valence-electron chi connectivity index (χ3n) is 5.67. The highest BCUT2D eigenvalue weighted by Crippen LogP contribution is 2.19. The number of rotatable bonds is 17. The zero-order valence-corrected chi connectivity index (χ0v) is 20.4. The lowest BCUT2D eigenvalue weighted by atomic mass is 10.1. The lowest BCUT2D eigenvalue weighted by Gasteiger charge is -2.32. The van der Waals surface area contributed by atoms with Crippen molar-refractivity contribution >= 4 is 0 Å². The summed E-state index contributed by atoms with van der Waals surface area (Å²) in [7, 11) is 0. The molecule has 0 heterocycles. The minimum absolute atomic E-state index is 0.248. The Kier molecular flexibility index (Phi) is 12.0. The first-order valence-corrected chi connectivity index (χ1v) is 12.2. The number of benzene rings is 3. The average molecular weight is 472 g/mol. The van der Waals surface area contributed by atoms with Gasteiger partial charge in [-0.3, -0.25) is 0 Å². The Bertz CT molecular complexity index is 962. The largest absolute Gasteiger partial charge is 0.369 e. The number of ether oxygens (including phenoxy) is 3. The van der Waals surface area contributed by atoms with Gasteiger partial charge in [0.25, 0.3) is 0 Å². The summed E-state index contributed by atoms with van der Waals surface area (Å²) in [5.74, 6) is 0. The van der Waals surface area contributed by atoms with E-state index < -0.39 is 0 Å². The highest BCUT2D eigenvalue weighted by atomic mass is 16.6. The summed E-state index contributed by atoms with van der Waals surface area (Å²) in [6, 6.07) is 30.5. The van der Waals surface area contributed by atoms with E-state index in [9.17, 15) is 0 Å². The minimum atomic E-state index is -0.351. The van der Waals surface area contributed by atoms with Gasteiger partial charge in [-0.15, -0.1) is 13.2 Å². The Morgan fingerprint density at radius 1 is 0.657 bits per heavy atom. The molecule has 3 rings (SSSR count). The van der Waals surface area contributed by atoms with E-state index in [1.54, 1.807) is 0 Å². The minimum Gasteiger partial charge on any atom is -0.369 e. The predicted octanol–water partition coefficient (Wildman–Crippen LogP) is 6.09. The maximum absolute atomic E-state index is 6.50. The Balaban J connectivity index is 1.77. The Morgan fingerprint density at radius 2 is 1.14 bits per heavy atom. The van der Waals surface area contributed by atoms with E-state index in [1.165, 1.54) is 0 Å². The zero-order valence-electron chi connectivity index (χ0n) is 20.4. The van der Waals surface area contributed by atoms with E-state index in [4.69, 9.17) is 14.2 Å². The fourth-order valence-electron chi connectivity index (χ4n) is 3.74. The number of hydrogen-bond donors (Lipinski definition) is 1. The molecule has 0 aliphatic rings. The quantitative estimate of drug-likeness (QED) is 0.191. The molecule has 1 N–H and O–H groups in total. The van der Waals surface area contributed by atoms with Gasteiger partial charge in [-0.1, -0.05) is 103 Å². The molecular weight excluding hydrogens is 434 g/mol. The first-order valence-electron chi connectivity index (χ1n) is 12.2. The predicted molar refractivity (Wildman–Crippen MR) is 143 cm³/mol. The molecule has 0 bridgehead atoms. The van der Waals surface area contributed by atoms with Crippen molar-refractivity contribution in [3.05, 3.63) is 133 Å². The molecule has 0 spiro atoms. The van der Waals surface area contributed by atoms with E-state index in [0.717, 1.165) is 29.7 Å². The fourth-order valence-corrected chi connectivity index (χ4v) is 3.74. The lowest BCUT2D eigenvalue weighted by Crippen LogP contribution is -2.47. The van der Waals surface area contributed by atoms with Crippen LogP contribution in [0.5, 0.6) is 0 Å². The van der Waals surface area contributed by atoms with Crippen LogP contribution in [-0.4, -0.2) is 31.4 Å². The third kappa shape index (κ3) is 9.63. The van der Waals surface area contributed by atoms with Crippen molar-refractivity contribution < 1.29 is 14.2 Å². The highest BCUT2D eigenvalue weighted by molar-refractivity contribution is 5.15. The second kappa shape index (κ2) is 15.8. The van der Waals surface area contributed by atoms with Crippen LogP contribution in [0.3, 0.4) is 0 Å². The molecule has 4 nitrogen and oxygen atoms in total.